The number of urea groups is 1. The summed E-state index contributed by atoms with van der Waals surface area (Å²) in [7, 11) is 0. The van der Waals surface area contributed by atoms with E-state index < -0.39 is 0 Å². The van der Waals surface area contributed by atoms with Crippen molar-refractivity contribution >= 4 is 33.3 Å². The van der Waals surface area contributed by atoms with Crippen molar-refractivity contribution in [3.8, 4) is 0 Å². The number of carbonyl (C=O) groups excluding carboxylic acids is 1. The first kappa shape index (κ1) is 16.8. The Bertz CT molecular complexity index is 719. The molecule has 0 atom stereocenters. The number of piperazine rings is 1. The lowest BCUT2D eigenvalue weighted by molar-refractivity contribution is 0.208. The van der Waals surface area contributed by atoms with E-state index in [1.807, 2.05) is 29.2 Å². The van der Waals surface area contributed by atoms with E-state index in [1.165, 1.54) is 16.8 Å². The molecule has 1 aliphatic rings. The Labute approximate surface area is 151 Å². The third-order valence-electron chi connectivity index (χ3n) is 4.40. The lowest BCUT2D eigenvalue weighted by Crippen LogP contribution is -2.50. The van der Waals surface area contributed by atoms with Crippen LogP contribution in [0.3, 0.4) is 0 Å². The van der Waals surface area contributed by atoms with Crippen LogP contribution in [-0.2, 0) is 0 Å². The average Bonchev–Trinajstić information content (AvgIpc) is 2.55. The van der Waals surface area contributed by atoms with Crippen molar-refractivity contribution < 1.29 is 4.79 Å². The summed E-state index contributed by atoms with van der Waals surface area (Å²) in [5, 5.41) is 2.97. The largest absolute Gasteiger partial charge is 0.368 e. The van der Waals surface area contributed by atoms with Crippen LogP contribution in [0.2, 0.25) is 0 Å². The number of halogens is 1. The number of para-hydroxylation sites is 1. The lowest BCUT2D eigenvalue weighted by Gasteiger charge is -2.37. The molecule has 0 bridgehead atoms. The highest BCUT2D eigenvalue weighted by atomic mass is 79.9. The summed E-state index contributed by atoms with van der Waals surface area (Å²) in [6, 6.07) is 14.0. The van der Waals surface area contributed by atoms with Gasteiger partial charge < -0.3 is 15.1 Å². The summed E-state index contributed by atoms with van der Waals surface area (Å²) < 4.78 is 0.958. The minimum Gasteiger partial charge on any atom is -0.368 e. The normalized spacial score (nSPS) is 14.6. The minimum absolute atomic E-state index is 0.0331. The Morgan fingerprint density at radius 3 is 2.25 bits per heavy atom. The molecular weight excluding hydrogens is 366 g/mol. The zero-order chi connectivity index (χ0) is 17.1. The number of rotatable bonds is 2. The van der Waals surface area contributed by atoms with Crippen molar-refractivity contribution in [3.05, 3.63) is 58.1 Å². The van der Waals surface area contributed by atoms with Gasteiger partial charge in [-0.05, 0) is 43.2 Å². The number of amides is 2. The number of anilines is 2. The molecule has 2 aromatic rings. The summed E-state index contributed by atoms with van der Waals surface area (Å²) in [6.07, 6.45) is 0. The predicted molar refractivity (Wildman–Crippen MR) is 103 cm³/mol. The molecule has 2 amide bonds. The lowest BCUT2D eigenvalue weighted by atomic mass is 10.1. The van der Waals surface area contributed by atoms with Gasteiger partial charge in [-0.15, -0.1) is 0 Å². The van der Waals surface area contributed by atoms with Gasteiger partial charge in [0, 0.05) is 42.0 Å². The Morgan fingerprint density at radius 2 is 1.62 bits per heavy atom. The molecule has 0 spiro atoms. The SMILES string of the molecule is Cc1cccc(C)c1N1CCN(C(=O)Nc2cccc(Br)c2)CC1. The van der Waals surface area contributed by atoms with Gasteiger partial charge in [-0.1, -0.05) is 40.2 Å². The maximum Gasteiger partial charge on any atom is 0.321 e. The molecule has 1 fully saturated rings. The fourth-order valence-corrected chi connectivity index (χ4v) is 3.61. The van der Waals surface area contributed by atoms with Crippen LogP contribution in [0.1, 0.15) is 11.1 Å². The summed E-state index contributed by atoms with van der Waals surface area (Å²) in [6.45, 7) is 7.47. The molecular formula is C19H22BrN3O. The molecule has 1 heterocycles. The van der Waals surface area contributed by atoms with E-state index in [2.05, 4.69) is 58.2 Å². The topological polar surface area (TPSA) is 35.6 Å². The second-order valence-corrected chi connectivity index (χ2v) is 7.07. The van der Waals surface area contributed by atoms with Gasteiger partial charge in [-0.25, -0.2) is 4.79 Å². The number of carbonyl (C=O) groups is 1. The molecule has 1 saturated heterocycles. The van der Waals surface area contributed by atoms with E-state index in [-0.39, 0.29) is 6.03 Å². The number of aryl methyl sites for hydroxylation is 2. The third-order valence-corrected chi connectivity index (χ3v) is 4.89. The molecule has 0 radical (unpaired) electrons. The van der Waals surface area contributed by atoms with E-state index in [0.29, 0.717) is 0 Å². The first-order valence-corrected chi connectivity index (χ1v) is 8.96. The van der Waals surface area contributed by atoms with Crippen LogP contribution in [0, 0.1) is 13.8 Å². The Morgan fingerprint density at radius 1 is 1.00 bits per heavy atom. The van der Waals surface area contributed by atoms with Gasteiger partial charge in [0.1, 0.15) is 0 Å². The molecule has 24 heavy (non-hydrogen) atoms. The summed E-state index contributed by atoms with van der Waals surface area (Å²) >= 11 is 3.42. The standard InChI is InChI=1S/C19H22BrN3O/c1-14-5-3-6-15(2)18(14)22-9-11-23(12-10-22)19(24)21-17-8-4-7-16(20)13-17/h3-8,13H,9-12H2,1-2H3,(H,21,24). The van der Waals surface area contributed by atoms with Crippen molar-refractivity contribution in [2.24, 2.45) is 0 Å². The molecule has 4 nitrogen and oxygen atoms in total. The maximum absolute atomic E-state index is 12.4. The van der Waals surface area contributed by atoms with E-state index >= 15 is 0 Å². The van der Waals surface area contributed by atoms with Crippen LogP contribution in [0.4, 0.5) is 16.2 Å². The van der Waals surface area contributed by atoms with Gasteiger partial charge in [0.25, 0.3) is 0 Å². The van der Waals surface area contributed by atoms with Gasteiger partial charge in [0.05, 0.1) is 0 Å². The van der Waals surface area contributed by atoms with Crippen molar-refractivity contribution in [1.82, 2.24) is 4.90 Å². The molecule has 0 unspecified atom stereocenters. The maximum atomic E-state index is 12.4. The highest BCUT2D eigenvalue weighted by molar-refractivity contribution is 9.10. The van der Waals surface area contributed by atoms with Crippen molar-refractivity contribution in [2.45, 2.75) is 13.8 Å². The van der Waals surface area contributed by atoms with E-state index in [4.69, 9.17) is 0 Å². The highest BCUT2D eigenvalue weighted by Crippen LogP contribution is 2.25. The summed E-state index contributed by atoms with van der Waals surface area (Å²) in [5.41, 5.74) is 4.71. The van der Waals surface area contributed by atoms with Crippen LogP contribution in [0.15, 0.2) is 46.9 Å². The number of nitrogens with zero attached hydrogens (tertiary/aromatic N) is 2. The van der Waals surface area contributed by atoms with Crippen molar-refractivity contribution in [2.75, 3.05) is 36.4 Å². The molecule has 2 aromatic carbocycles. The zero-order valence-electron chi connectivity index (χ0n) is 14.1. The van der Waals surface area contributed by atoms with E-state index in [0.717, 1.165) is 36.3 Å². The monoisotopic (exact) mass is 387 g/mol. The van der Waals surface area contributed by atoms with Crippen molar-refractivity contribution in [3.63, 3.8) is 0 Å². The Balaban J connectivity index is 1.61. The van der Waals surface area contributed by atoms with Gasteiger partial charge in [-0.3, -0.25) is 0 Å². The summed E-state index contributed by atoms with van der Waals surface area (Å²) in [5.74, 6) is 0. The molecule has 126 valence electrons. The molecule has 0 aliphatic carbocycles. The van der Waals surface area contributed by atoms with Crippen molar-refractivity contribution in [1.29, 1.82) is 0 Å². The molecule has 1 N–H and O–H groups in total. The van der Waals surface area contributed by atoms with E-state index in [1.54, 1.807) is 0 Å². The summed E-state index contributed by atoms with van der Waals surface area (Å²) in [4.78, 5) is 16.7. The number of hydrogen-bond donors (Lipinski definition) is 1. The molecule has 1 aliphatic heterocycles. The van der Waals surface area contributed by atoms with Gasteiger partial charge in [-0.2, -0.15) is 0 Å². The number of nitrogens with one attached hydrogen (secondary N) is 1. The second kappa shape index (κ2) is 7.26. The smallest absolute Gasteiger partial charge is 0.321 e. The van der Waals surface area contributed by atoms with Crippen LogP contribution < -0.4 is 10.2 Å². The fourth-order valence-electron chi connectivity index (χ4n) is 3.21. The fraction of sp³-hybridized carbons (Fsp3) is 0.316. The molecule has 0 aromatic heterocycles. The number of hydrogen-bond acceptors (Lipinski definition) is 2. The minimum atomic E-state index is -0.0331. The first-order chi connectivity index (χ1) is 11.5. The quantitative estimate of drug-likeness (QED) is 0.827. The average molecular weight is 388 g/mol. The Kier molecular flexibility index (Phi) is 5.09. The molecule has 0 saturated carbocycles. The second-order valence-electron chi connectivity index (χ2n) is 6.16. The third kappa shape index (κ3) is 3.73. The zero-order valence-corrected chi connectivity index (χ0v) is 15.6. The van der Waals surface area contributed by atoms with Crippen LogP contribution in [0.5, 0.6) is 0 Å². The first-order valence-electron chi connectivity index (χ1n) is 8.17. The van der Waals surface area contributed by atoms with Crippen LogP contribution in [0.25, 0.3) is 0 Å². The van der Waals surface area contributed by atoms with Gasteiger partial charge >= 0.3 is 6.03 Å². The highest BCUT2D eigenvalue weighted by Gasteiger charge is 2.22. The van der Waals surface area contributed by atoms with E-state index in [9.17, 15) is 4.79 Å². The molecule has 3 rings (SSSR count). The predicted octanol–water partition coefficient (Wildman–Crippen LogP) is 4.42. The van der Waals surface area contributed by atoms with Gasteiger partial charge in [0.15, 0.2) is 0 Å². The molecule has 5 heteroatoms. The van der Waals surface area contributed by atoms with Crippen LogP contribution in [-0.4, -0.2) is 37.1 Å². The van der Waals surface area contributed by atoms with Gasteiger partial charge in [0.2, 0.25) is 0 Å². The Hall–Kier alpha value is -2.01. The number of benzene rings is 2. The van der Waals surface area contributed by atoms with Crippen LogP contribution >= 0.6 is 15.9 Å².